The summed E-state index contributed by atoms with van der Waals surface area (Å²) in [5.41, 5.74) is 1.91. The van der Waals surface area contributed by atoms with Crippen molar-refractivity contribution in [3.05, 3.63) is 58.9 Å². The molecule has 144 valence electrons. The molecule has 0 radical (unpaired) electrons. The number of benzene rings is 2. The van der Waals surface area contributed by atoms with E-state index in [0.717, 1.165) is 18.4 Å². The van der Waals surface area contributed by atoms with Crippen molar-refractivity contribution in [3.63, 3.8) is 0 Å². The molecular weight excluding hydrogens is 356 g/mol. The number of rotatable bonds is 4. The Morgan fingerprint density at radius 3 is 2.96 bits per heavy atom. The lowest BCUT2D eigenvalue weighted by molar-refractivity contribution is -0.120. The number of amides is 1. The third-order valence-corrected chi connectivity index (χ3v) is 5.01. The van der Waals surface area contributed by atoms with Gasteiger partial charge in [-0.1, -0.05) is 18.2 Å². The maximum atomic E-state index is 12.8. The fourth-order valence-electron chi connectivity index (χ4n) is 3.56. The Kier molecular flexibility index (Phi) is 4.97. The number of aromatic nitrogens is 2. The van der Waals surface area contributed by atoms with Crippen molar-refractivity contribution in [2.75, 3.05) is 30.4 Å². The zero-order valence-corrected chi connectivity index (χ0v) is 15.6. The zero-order valence-electron chi connectivity index (χ0n) is 15.6. The predicted octanol–water partition coefficient (Wildman–Crippen LogP) is 2.79. The molecule has 1 aromatic heterocycles. The molecular formula is C21H22N4O3. The summed E-state index contributed by atoms with van der Waals surface area (Å²) in [6.45, 7) is 1.17. The third-order valence-electron chi connectivity index (χ3n) is 5.01. The van der Waals surface area contributed by atoms with Gasteiger partial charge >= 0.3 is 0 Å². The van der Waals surface area contributed by atoms with Gasteiger partial charge in [-0.15, -0.1) is 0 Å². The number of H-pyrrole nitrogens is 1. The van der Waals surface area contributed by atoms with Crippen LogP contribution in [0.2, 0.25) is 0 Å². The van der Waals surface area contributed by atoms with Crippen LogP contribution in [0.1, 0.15) is 12.8 Å². The van der Waals surface area contributed by atoms with E-state index in [1.807, 2.05) is 47.4 Å². The Morgan fingerprint density at radius 1 is 1.25 bits per heavy atom. The van der Waals surface area contributed by atoms with E-state index in [2.05, 4.69) is 15.3 Å². The standard InChI is InChI=1S/C21H22N4O3/c1-28-16-8-4-7-15(12-16)22-20(26)14-6-5-11-25(13-14)19-21(27)24-18-10-3-2-9-17(18)23-19/h2-4,7-10,12,14H,5-6,11,13H2,1H3,(H,22,26)(H,24,27). The molecule has 0 spiro atoms. The summed E-state index contributed by atoms with van der Waals surface area (Å²) < 4.78 is 5.20. The van der Waals surface area contributed by atoms with Crippen molar-refractivity contribution >= 4 is 28.4 Å². The number of fused-ring (bicyclic) bond motifs is 1. The van der Waals surface area contributed by atoms with Gasteiger partial charge in [0.1, 0.15) is 5.75 Å². The first-order valence-electron chi connectivity index (χ1n) is 9.33. The van der Waals surface area contributed by atoms with E-state index in [9.17, 15) is 9.59 Å². The van der Waals surface area contributed by atoms with E-state index in [-0.39, 0.29) is 17.4 Å². The molecule has 1 aliphatic rings. The molecule has 7 heteroatoms. The Morgan fingerprint density at radius 2 is 2.11 bits per heavy atom. The van der Waals surface area contributed by atoms with E-state index in [1.165, 1.54) is 0 Å². The van der Waals surface area contributed by atoms with E-state index in [4.69, 9.17) is 4.74 Å². The molecule has 28 heavy (non-hydrogen) atoms. The number of nitrogens with one attached hydrogen (secondary N) is 2. The van der Waals surface area contributed by atoms with Gasteiger partial charge in [-0.05, 0) is 37.1 Å². The smallest absolute Gasteiger partial charge is 0.291 e. The molecule has 1 amide bonds. The van der Waals surface area contributed by atoms with Crippen molar-refractivity contribution in [3.8, 4) is 5.75 Å². The Hall–Kier alpha value is -3.35. The van der Waals surface area contributed by atoms with Gasteiger partial charge in [0.2, 0.25) is 5.91 Å². The van der Waals surface area contributed by atoms with Crippen LogP contribution in [0.5, 0.6) is 5.75 Å². The van der Waals surface area contributed by atoms with Gasteiger partial charge in [0.15, 0.2) is 5.82 Å². The molecule has 3 aromatic rings. The molecule has 2 N–H and O–H groups in total. The number of ether oxygens (including phenoxy) is 1. The highest BCUT2D eigenvalue weighted by molar-refractivity contribution is 5.93. The molecule has 1 aliphatic heterocycles. The maximum absolute atomic E-state index is 12.8. The van der Waals surface area contributed by atoms with Crippen LogP contribution in [0.15, 0.2) is 53.3 Å². The van der Waals surface area contributed by atoms with Gasteiger partial charge in [0.25, 0.3) is 5.56 Å². The first kappa shape index (κ1) is 18.0. The number of para-hydroxylation sites is 2. The largest absolute Gasteiger partial charge is 0.497 e. The van der Waals surface area contributed by atoms with E-state index in [0.29, 0.717) is 35.9 Å². The normalized spacial score (nSPS) is 16.8. The number of carbonyl (C=O) groups excluding carboxylic acids is 1. The average Bonchev–Trinajstić information content (AvgIpc) is 2.73. The summed E-state index contributed by atoms with van der Waals surface area (Å²) in [6.07, 6.45) is 1.60. The molecule has 2 aromatic carbocycles. The van der Waals surface area contributed by atoms with Crippen LogP contribution in [-0.2, 0) is 4.79 Å². The first-order valence-corrected chi connectivity index (χ1v) is 9.33. The van der Waals surface area contributed by atoms with Crippen LogP contribution >= 0.6 is 0 Å². The highest BCUT2D eigenvalue weighted by Gasteiger charge is 2.28. The minimum Gasteiger partial charge on any atom is -0.497 e. The van der Waals surface area contributed by atoms with Gasteiger partial charge in [0.05, 0.1) is 24.1 Å². The molecule has 0 aliphatic carbocycles. The molecule has 1 unspecified atom stereocenters. The van der Waals surface area contributed by atoms with E-state index >= 15 is 0 Å². The topological polar surface area (TPSA) is 87.3 Å². The van der Waals surface area contributed by atoms with Crippen LogP contribution in [0.3, 0.4) is 0 Å². The second-order valence-corrected chi connectivity index (χ2v) is 6.91. The number of aromatic amines is 1. The van der Waals surface area contributed by atoms with Gasteiger partial charge in [-0.2, -0.15) is 0 Å². The number of methoxy groups -OCH3 is 1. The van der Waals surface area contributed by atoms with Crippen LogP contribution in [0.25, 0.3) is 11.0 Å². The summed E-state index contributed by atoms with van der Waals surface area (Å²) in [7, 11) is 1.59. The van der Waals surface area contributed by atoms with Crippen LogP contribution < -0.4 is 20.5 Å². The fourth-order valence-corrected chi connectivity index (χ4v) is 3.56. The minimum absolute atomic E-state index is 0.0600. The molecule has 0 bridgehead atoms. The molecule has 1 atom stereocenters. The lowest BCUT2D eigenvalue weighted by atomic mass is 9.97. The van der Waals surface area contributed by atoms with Gasteiger partial charge < -0.3 is 19.9 Å². The van der Waals surface area contributed by atoms with Gasteiger partial charge in [0, 0.05) is 24.8 Å². The number of nitrogens with zero attached hydrogens (tertiary/aromatic N) is 2. The Balaban J connectivity index is 1.52. The number of carbonyl (C=O) groups is 1. The molecule has 2 heterocycles. The van der Waals surface area contributed by atoms with Crippen molar-refractivity contribution in [2.45, 2.75) is 12.8 Å². The summed E-state index contributed by atoms with van der Waals surface area (Å²) >= 11 is 0. The van der Waals surface area contributed by atoms with Crippen LogP contribution in [-0.4, -0.2) is 36.1 Å². The SMILES string of the molecule is COc1cccc(NC(=O)C2CCCN(c3nc4ccccc4[nH]c3=O)C2)c1. The Bertz CT molecular complexity index is 1060. The second-order valence-electron chi connectivity index (χ2n) is 6.91. The quantitative estimate of drug-likeness (QED) is 0.729. The lowest BCUT2D eigenvalue weighted by Gasteiger charge is -2.32. The number of hydrogen-bond acceptors (Lipinski definition) is 5. The maximum Gasteiger partial charge on any atom is 0.291 e. The summed E-state index contributed by atoms with van der Waals surface area (Å²) in [4.78, 5) is 34.6. The molecule has 4 rings (SSSR count). The minimum atomic E-state index is -0.229. The first-order chi connectivity index (χ1) is 13.6. The van der Waals surface area contributed by atoms with E-state index in [1.54, 1.807) is 13.2 Å². The highest BCUT2D eigenvalue weighted by atomic mass is 16.5. The zero-order chi connectivity index (χ0) is 19.5. The molecule has 1 fully saturated rings. The van der Waals surface area contributed by atoms with Gasteiger partial charge in [-0.25, -0.2) is 4.98 Å². The highest BCUT2D eigenvalue weighted by Crippen LogP contribution is 2.23. The molecule has 1 saturated heterocycles. The van der Waals surface area contributed by atoms with Crippen LogP contribution in [0.4, 0.5) is 11.5 Å². The van der Waals surface area contributed by atoms with Crippen molar-refractivity contribution in [1.29, 1.82) is 0 Å². The van der Waals surface area contributed by atoms with Crippen molar-refractivity contribution in [1.82, 2.24) is 9.97 Å². The summed E-state index contributed by atoms with van der Waals surface area (Å²) in [6, 6.07) is 14.7. The molecule has 0 saturated carbocycles. The second kappa shape index (κ2) is 7.72. The number of hydrogen-bond donors (Lipinski definition) is 2. The van der Waals surface area contributed by atoms with E-state index < -0.39 is 0 Å². The number of anilines is 2. The predicted molar refractivity (Wildman–Crippen MR) is 109 cm³/mol. The number of piperidine rings is 1. The lowest BCUT2D eigenvalue weighted by Crippen LogP contribution is -2.43. The summed E-state index contributed by atoms with van der Waals surface area (Å²) in [5.74, 6) is 0.787. The third kappa shape index (κ3) is 3.69. The summed E-state index contributed by atoms with van der Waals surface area (Å²) in [5, 5.41) is 2.95. The fraction of sp³-hybridized carbons (Fsp3) is 0.286. The monoisotopic (exact) mass is 378 g/mol. The average molecular weight is 378 g/mol. The Labute approximate surface area is 162 Å². The van der Waals surface area contributed by atoms with Crippen molar-refractivity contribution in [2.24, 2.45) is 5.92 Å². The van der Waals surface area contributed by atoms with Gasteiger partial charge in [-0.3, -0.25) is 9.59 Å². The van der Waals surface area contributed by atoms with Crippen molar-refractivity contribution < 1.29 is 9.53 Å². The van der Waals surface area contributed by atoms with Crippen LogP contribution in [0, 0.1) is 5.92 Å². The molecule has 7 nitrogen and oxygen atoms in total.